The standard InChI is InChI=1S/C20H26Cl2/c1-2-14-3-5-15(6-4-14)16-7-9-17(10-8-16)18-11-12-19(21)20(22)13-18/h2,11-17H,1,3-10H2/t14-,15-,16?,17?. The summed E-state index contributed by atoms with van der Waals surface area (Å²) in [6.45, 7) is 3.96. The van der Waals surface area contributed by atoms with E-state index in [0.29, 0.717) is 16.0 Å². The van der Waals surface area contributed by atoms with Crippen molar-refractivity contribution in [1.29, 1.82) is 0 Å². The molecule has 120 valence electrons. The Bertz CT molecular complexity index is 506. The molecule has 0 bridgehead atoms. The van der Waals surface area contributed by atoms with E-state index in [0.717, 1.165) is 17.8 Å². The molecular formula is C20H26Cl2. The maximum Gasteiger partial charge on any atom is 0.0595 e. The van der Waals surface area contributed by atoms with Crippen LogP contribution >= 0.6 is 23.2 Å². The van der Waals surface area contributed by atoms with Crippen LogP contribution in [0, 0.1) is 17.8 Å². The van der Waals surface area contributed by atoms with E-state index in [9.17, 15) is 0 Å². The molecule has 0 aromatic heterocycles. The quantitative estimate of drug-likeness (QED) is 0.509. The van der Waals surface area contributed by atoms with Gasteiger partial charge in [-0.1, -0.05) is 35.3 Å². The molecule has 0 atom stereocenters. The van der Waals surface area contributed by atoms with Gasteiger partial charge in [-0.05, 0) is 92.7 Å². The van der Waals surface area contributed by atoms with Gasteiger partial charge in [0.15, 0.2) is 0 Å². The van der Waals surface area contributed by atoms with Crippen LogP contribution < -0.4 is 0 Å². The van der Waals surface area contributed by atoms with E-state index in [1.165, 1.54) is 56.9 Å². The first kappa shape index (κ1) is 16.4. The van der Waals surface area contributed by atoms with E-state index in [1.54, 1.807) is 0 Å². The first-order valence-corrected chi connectivity index (χ1v) is 9.50. The lowest BCUT2D eigenvalue weighted by atomic mass is 9.68. The molecule has 0 radical (unpaired) electrons. The third kappa shape index (κ3) is 3.71. The normalized spacial score (nSPS) is 32.6. The molecule has 0 unspecified atom stereocenters. The second kappa shape index (κ2) is 7.41. The van der Waals surface area contributed by atoms with Gasteiger partial charge in [0.25, 0.3) is 0 Å². The third-order valence-corrected chi connectivity index (χ3v) is 6.74. The zero-order valence-corrected chi connectivity index (χ0v) is 14.8. The molecule has 2 fully saturated rings. The Balaban J connectivity index is 1.54. The Hall–Kier alpha value is -0.460. The first-order chi connectivity index (χ1) is 10.7. The van der Waals surface area contributed by atoms with Crippen LogP contribution in [0.25, 0.3) is 0 Å². The Morgan fingerprint density at radius 2 is 1.41 bits per heavy atom. The molecule has 1 aromatic rings. The van der Waals surface area contributed by atoms with Crippen molar-refractivity contribution in [2.24, 2.45) is 17.8 Å². The molecule has 22 heavy (non-hydrogen) atoms. The summed E-state index contributed by atoms with van der Waals surface area (Å²) < 4.78 is 0. The predicted molar refractivity (Wildman–Crippen MR) is 96.8 cm³/mol. The van der Waals surface area contributed by atoms with Crippen LogP contribution in [0.15, 0.2) is 30.9 Å². The zero-order valence-electron chi connectivity index (χ0n) is 13.2. The Morgan fingerprint density at radius 3 is 1.95 bits per heavy atom. The first-order valence-electron chi connectivity index (χ1n) is 8.75. The lowest BCUT2D eigenvalue weighted by Crippen LogP contribution is -2.25. The van der Waals surface area contributed by atoms with Gasteiger partial charge in [0.1, 0.15) is 0 Å². The molecule has 0 aliphatic heterocycles. The molecule has 0 N–H and O–H groups in total. The summed E-state index contributed by atoms with van der Waals surface area (Å²) in [6, 6.07) is 6.18. The average Bonchev–Trinajstić information content (AvgIpc) is 2.58. The third-order valence-electron chi connectivity index (χ3n) is 6.00. The Kier molecular flexibility index (Phi) is 5.52. The van der Waals surface area contributed by atoms with Crippen LogP contribution in [0.5, 0.6) is 0 Å². The minimum Gasteiger partial charge on any atom is -0.103 e. The summed E-state index contributed by atoms with van der Waals surface area (Å²) in [5, 5.41) is 1.36. The van der Waals surface area contributed by atoms with E-state index in [2.05, 4.69) is 24.8 Å². The van der Waals surface area contributed by atoms with Crippen LogP contribution in [0.4, 0.5) is 0 Å². The molecule has 2 saturated carbocycles. The molecule has 0 nitrogen and oxygen atoms in total. The number of halogens is 2. The van der Waals surface area contributed by atoms with E-state index in [1.807, 2.05) is 6.07 Å². The van der Waals surface area contributed by atoms with Crippen molar-refractivity contribution in [2.45, 2.75) is 57.3 Å². The van der Waals surface area contributed by atoms with Crippen molar-refractivity contribution in [1.82, 2.24) is 0 Å². The van der Waals surface area contributed by atoms with E-state index in [4.69, 9.17) is 23.2 Å². The minimum absolute atomic E-state index is 0.665. The summed E-state index contributed by atoms with van der Waals surface area (Å²) in [4.78, 5) is 0. The highest BCUT2D eigenvalue weighted by Gasteiger charge is 2.30. The number of allylic oxidation sites excluding steroid dienone is 1. The van der Waals surface area contributed by atoms with Crippen molar-refractivity contribution in [3.63, 3.8) is 0 Å². The van der Waals surface area contributed by atoms with E-state index >= 15 is 0 Å². The predicted octanol–water partition coefficient (Wildman–Crippen LogP) is 7.26. The average molecular weight is 337 g/mol. The fraction of sp³-hybridized carbons (Fsp3) is 0.600. The molecule has 1 aromatic carbocycles. The molecule has 0 heterocycles. The zero-order chi connectivity index (χ0) is 15.5. The Morgan fingerprint density at radius 1 is 0.818 bits per heavy atom. The maximum absolute atomic E-state index is 6.17. The van der Waals surface area contributed by atoms with Crippen molar-refractivity contribution < 1.29 is 0 Å². The second-order valence-electron chi connectivity index (χ2n) is 7.20. The molecular weight excluding hydrogens is 311 g/mol. The fourth-order valence-corrected chi connectivity index (χ4v) is 4.85. The number of hydrogen-bond donors (Lipinski definition) is 0. The van der Waals surface area contributed by atoms with Crippen LogP contribution in [-0.4, -0.2) is 0 Å². The van der Waals surface area contributed by atoms with Crippen LogP contribution in [0.1, 0.15) is 62.8 Å². The molecule has 3 rings (SSSR count). The number of hydrogen-bond acceptors (Lipinski definition) is 0. The van der Waals surface area contributed by atoms with Gasteiger partial charge in [-0.25, -0.2) is 0 Å². The van der Waals surface area contributed by atoms with Crippen LogP contribution in [0.2, 0.25) is 10.0 Å². The Labute approximate surface area is 144 Å². The van der Waals surface area contributed by atoms with Gasteiger partial charge in [0.05, 0.1) is 10.0 Å². The fourth-order valence-electron chi connectivity index (χ4n) is 4.54. The summed E-state index contributed by atoms with van der Waals surface area (Å²) in [5.74, 6) is 3.37. The summed E-state index contributed by atoms with van der Waals surface area (Å²) in [5.41, 5.74) is 1.38. The highest BCUT2D eigenvalue weighted by Crippen LogP contribution is 2.44. The van der Waals surface area contributed by atoms with Gasteiger partial charge in [0.2, 0.25) is 0 Å². The van der Waals surface area contributed by atoms with Gasteiger partial charge in [0, 0.05) is 0 Å². The highest BCUT2D eigenvalue weighted by molar-refractivity contribution is 6.42. The van der Waals surface area contributed by atoms with Crippen LogP contribution in [-0.2, 0) is 0 Å². The molecule has 0 spiro atoms. The minimum atomic E-state index is 0.665. The van der Waals surface area contributed by atoms with Crippen molar-refractivity contribution >= 4 is 23.2 Å². The SMILES string of the molecule is C=C[C@H]1CC[C@H](C2CCC(c3ccc(Cl)c(Cl)c3)CC2)CC1. The molecule has 0 saturated heterocycles. The van der Waals surface area contributed by atoms with Crippen molar-refractivity contribution in [3.05, 3.63) is 46.5 Å². The molecule has 2 heteroatoms. The maximum atomic E-state index is 6.17. The topological polar surface area (TPSA) is 0 Å². The van der Waals surface area contributed by atoms with Gasteiger partial charge in [-0.3, -0.25) is 0 Å². The van der Waals surface area contributed by atoms with Gasteiger partial charge in [-0.2, -0.15) is 0 Å². The lowest BCUT2D eigenvalue weighted by Gasteiger charge is -2.37. The van der Waals surface area contributed by atoms with Crippen LogP contribution in [0.3, 0.4) is 0 Å². The highest BCUT2D eigenvalue weighted by atomic mass is 35.5. The summed E-state index contributed by atoms with van der Waals surface area (Å²) in [7, 11) is 0. The van der Waals surface area contributed by atoms with Gasteiger partial charge in [-0.15, -0.1) is 6.58 Å². The second-order valence-corrected chi connectivity index (χ2v) is 8.01. The van der Waals surface area contributed by atoms with E-state index < -0.39 is 0 Å². The number of benzene rings is 1. The smallest absolute Gasteiger partial charge is 0.0595 e. The van der Waals surface area contributed by atoms with Gasteiger partial charge >= 0.3 is 0 Å². The molecule has 0 amide bonds. The van der Waals surface area contributed by atoms with Crippen molar-refractivity contribution in [3.8, 4) is 0 Å². The monoisotopic (exact) mass is 336 g/mol. The summed E-state index contributed by atoms with van der Waals surface area (Å²) >= 11 is 12.2. The number of rotatable bonds is 3. The van der Waals surface area contributed by atoms with Crippen molar-refractivity contribution in [2.75, 3.05) is 0 Å². The van der Waals surface area contributed by atoms with E-state index in [-0.39, 0.29) is 0 Å². The molecule has 2 aliphatic carbocycles. The largest absolute Gasteiger partial charge is 0.103 e. The molecule has 2 aliphatic rings. The summed E-state index contributed by atoms with van der Waals surface area (Å²) in [6.07, 6.45) is 13.1. The lowest BCUT2D eigenvalue weighted by molar-refractivity contribution is 0.171. The van der Waals surface area contributed by atoms with Gasteiger partial charge < -0.3 is 0 Å².